The number of halogens is 2. The van der Waals surface area contributed by atoms with E-state index in [2.05, 4.69) is 39.6 Å². The zero-order valence-electron chi connectivity index (χ0n) is 12.5. The van der Waals surface area contributed by atoms with Gasteiger partial charge in [0.05, 0.1) is 16.1 Å². The normalized spacial score (nSPS) is 13.2. The average molecular weight is 315 g/mol. The highest BCUT2D eigenvalue weighted by molar-refractivity contribution is 7.71. The fraction of sp³-hybridized carbons (Fsp3) is 0.533. The van der Waals surface area contributed by atoms with Gasteiger partial charge in [0.25, 0.3) is 0 Å². The Bertz CT molecular complexity index is 707. The molecule has 0 fully saturated rings. The molecule has 1 aromatic carbocycles. The van der Waals surface area contributed by atoms with Crippen LogP contribution in [0.1, 0.15) is 41.0 Å². The molecule has 2 rings (SSSR count). The molecule has 2 aromatic rings. The number of nitrogens with one attached hydrogen (secondary N) is 1. The summed E-state index contributed by atoms with van der Waals surface area (Å²) in [4.78, 5) is 3.11. The Morgan fingerprint density at radius 3 is 2.40 bits per heavy atom. The Morgan fingerprint density at radius 2 is 1.85 bits per heavy atom. The Kier molecular flexibility index (Phi) is 3.76. The third-order valence-corrected chi connectivity index (χ3v) is 3.87. The molecule has 1 aromatic heterocycles. The monoisotopic (exact) mass is 314 g/mol. The Morgan fingerprint density at radius 1 is 1.25 bits per heavy atom. The van der Waals surface area contributed by atoms with Crippen LogP contribution in [0.25, 0.3) is 11.0 Å². The van der Waals surface area contributed by atoms with E-state index in [0.29, 0.717) is 4.77 Å². The Labute approximate surface area is 128 Å². The SMILES string of the molecule is CC(C)(C)CC(C)(C)n1c(=S)[nH]c2cc(Cl)c(F)cc21. The van der Waals surface area contributed by atoms with Gasteiger partial charge in [0.15, 0.2) is 4.77 Å². The lowest BCUT2D eigenvalue weighted by Gasteiger charge is -2.34. The quantitative estimate of drug-likeness (QED) is 0.709. The first-order chi connectivity index (χ1) is 9.01. The summed E-state index contributed by atoms with van der Waals surface area (Å²) in [7, 11) is 0. The van der Waals surface area contributed by atoms with Crippen LogP contribution < -0.4 is 0 Å². The second kappa shape index (κ2) is 4.85. The predicted molar refractivity (Wildman–Crippen MR) is 85.5 cm³/mol. The van der Waals surface area contributed by atoms with Gasteiger partial charge in [0, 0.05) is 11.6 Å². The fourth-order valence-corrected chi connectivity index (χ4v) is 3.70. The molecule has 0 aliphatic carbocycles. The van der Waals surface area contributed by atoms with Gasteiger partial charge in [-0.25, -0.2) is 4.39 Å². The smallest absolute Gasteiger partial charge is 0.178 e. The van der Waals surface area contributed by atoms with Crippen molar-refractivity contribution in [1.82, 2.24) is 9.55 Å². The Balaban J connectivity index is 2.68. The van der Waals surface area contributed by atoms with Crippen LogP contribution >= 0.6 is 23.8 Å². The lowest BCUT2D eigenvalue weighted by atomic mass is 9.81. The van der Waals surface area contributed by atoms with E-state index < -0.39 is 5.82 Å². The van der Waals surface area contributed by atoms with E-state index in [1.807, 2.05) is 4.57 Å². The average Bonchev–Trinajstić information content (AvgIpc) is 2.51. The number of fused-ring (bicyclic) bond motifs is 1. The molecule has 0 bridgehead atoms. The number of imidazole rings is 1. The van der Waals surface area contributed by atoms with Crippen molar-refractivity contribution in [2.75, 3.05) is 0 Å². The molecule has 0 saturated carbocycles. The third-order valence-electron chi connectivity index (χ3n) is 3.29. The molecular formula is C15H20ClFN2S. The van der Waals surface area contributed by atoms with Crippen molar-refractivity contribution < 1.29 is 4.39 Å². The first kappa shape index (κ1) is 15.5. The molecule has 0 unspecified atom stereocenters. The van der Waals surface area contributed by atoms with Gasteiger partial charge in [-0.3, -0.25) is 0 Å². The van der Waals surface area contributed by atoms with E-state index in [0.717, 1.165) is 17.5 Å². The highest BCUT2D eigenvalue weighted by atomic mass is 35.5. The standard InChI is InChI=1S/C15H20ClFN2S/c1-14(2,3)8-15(4,5)19-12-7-10(17)9(16)6-11(12)18-13(19)20/h6-7H,8H2,1-5H3,(H,18,20). The third kappa shape index (κ3) is 2.91. The van der Waals surface area contributed by atoms with Crippen LogP contribution in [0.15, 0.2) is 12.1 Å². The maximum atomic E-state index is 13.8. The molecule has 1 heterocycles. The van der Waals surface area contributed by atoms with E-state index in [-0.39, 0.29) is 16.0 Å². The number of nitrogens with zero attached hydrogens (tertiary/aromatic N) is 1. The van der Waals surface area contributed by atoms with E-state index in [4.69, 9.17) is 23.8 Å². The summed E-state index contributed by atoms with van der Waals surface area (Å²) in [6.45, 7) is 10.8. The lowest BCUT2D eigenvalue weighted by molar-refractivity contribution is 0.217. The first-order valence-electron chi connectivity index (χ1n) is 6.61. The number of rotatable bonds is 2. The number of hydrogen-bond acceptors (Lipinski definition) is 1. The van der Waals surface area contributed by atoms with Gasteiger partial charge in [-0.2, -0.15) is 0 Å². The molecule has 0 radical (unpaired) electrons. The molecule has 110 valence electrons. The van der Waals surface area contributed by atoms with Crippen LogP contribution in [0.3, 0.4) is 0 Å². The molecule has 0 amide bonds. The molecular weight excluding hydrogens is 295 g/mol. The van der Waals surface area contributed by atoms with E-state index >= 15 is 0 Å². The fourth-order valence-electron chi connectivity index (χ4n) is 3.08. The summed E-state index contributed by atoms with van der Waals surface area (Å²) >= 11 is 11.3. The van der Waals surface area contributed by atoms with Crippen LogP contribution in [0.5, 0.6) is 0 Å². The van der Waals surface area contributed by atoms with Crippen molar-refractivity contribution >= 4 is 34.9 Å². The summed E-state index contributed by atoms with van der Waals surface area (Å²) in [6, 6.07) is 3.04. The molecule has 0 atom stereocenters. The van der Waals surface area contributed by atoms with Gasteiger partial charge >= 0.3 is 0 Å². The van der Waals surface area contributed by atoms with Crippen molar-refractivity contribution in [2.45, 2.75) is 46.6 Å². The molecule has 1 N–H and O–H groups in total. The van der Waals surface area contributed by atoms with Crippen molar-refractivity contribution in [3.05, 3.63) is 27.7 Å². The lowest BCUT2D eigenvalue weighted by Crippen LogP contribution is -2.31. The number of benzene rings is 1. The van der Waals surface area contributed by atoms with E-state index in [1.54, 1.807) is 6.07 Å². The minimum atomic E-state index is -0.423. The zero-order chi connectivity index (χ0) is 15.3. The van der Waals surface area contributed by atoms with Gasteiger partial charge in [-0.15, -0.1) is 0 Å². The van der Waals surface area contributed by atoms with Crippen molar-refractivity contribution in [1.29, 1.82) is 0 Å². The number of hydrogen-bond donors (Lipinski definition) is 1. The Hall–Kier alpha value is -0.870. The van der Waals surface area contributed by atoms with Gasteiger partial charge in [0.1, 0.15) is 5.82 Å². The highest BCUT2D eigenvalue weighted by Crippen LogP contribution is 2.35. The summed E-state index contributed by atoms with van der Waals surface area (Å²) in [6.07, 6.45) is 0.922. The van der Waals surface area contributed by atoms with E-state index in [1.165, 1.54) is 6.07 Å². The number of H-pyrrole nitrogens is 1. The minimum Gasteiger partial charge on any atom is -0.331 e. The van der Waals surface area contributed by atoms with Crippen LogP contribution in [-0.4, -0.2) is 9.55 Å². The molecule has 0 saturated heterocycles. The minimum absolute atomic E-state index is 0.106. The van der Waals surface area contributed by atoms with Crippen LogP contribution in [-0.2, 0) is 5.54 Å². The van der Waals surface area contributed by atoms with Crippen LogP contribution in [0.4, 0.5) is 4.39 Å². The maximum Gasteiger partial charge on any atom is 0.178 e. The predicted octanol–water partition coefficient (Wildman–Crippen LogP) is 5.66. The molecule has 0 aliphatic heterocycles. The summed E-state index contributed by atoms with van der Waals surface area (Å²) in [5, 5.41) is 0.106. The summed E-state index contributed by atoms with van der Waals surface area (Å²) in [5.74, 6) is -0.423. The second-order valence-electron chi connectivity index (χ2n) is 7.10. The molecule has 20 heavy (non-hydrogen) atoms. The van der Waals surface area contributed by atoms with E-state index in [9.17, 15) is 4.39 Å². The summed E-state index contributed by atoms with van der Waals surface area (Å²) in [5.41, 5.74) is 1.45. The number of aromatic nitrogens is 2. The zero-order valence-corrected chi connectivity index (χ0v) is 14.0. The molecule has 0 aliphatic rings. The maximum absolute atomic E-state index is 13.8. The second-order valence-corrected chi connectivity index (χ2v) is 7.89. The highest BCUT2D eigenvalue weighted by Gasteiger charge is 2.29. The van der Waals surface area contributed by atoms with Gasteiger partial charge in [-0.05, 0) is 44.0 Å². The van der Waals surface area contributed by atoms with Crippen molar-refractivity contribution in [3.63, 3.8) is 0 Å². The molecule has 5 heteroatoms. The van der Waals surface area contributed by atoms with Gasteiger partial charge in [-0.1, -0.05) is 32.4 Å². The largest absolute Gasteiger partial charge is 0.331 e. The van der Waals surface area contributed by atoms with Crippen LogP contribution in [0.2, 0.25) is 5.02 Å². The van der Waals surface area contributed by atoms with Crippen LogP contribution in [0, 0.1) is 16.0 Å². The summed E-state index contributed by atoms with van der Waals surface area (Å²) < 4.78 is 16.4. The van der Waals surface area contributed by atoms with Crippen molar-refractivity contribution in [2.24, 2.45) is 5.41 Å². The topological polar surface area (TPSA) is 20.7 Å². The first-order valence-corrected chi connectivity index (χ1v) is 7.40. The van der Waals surface area contributed by atoms with Crippen molar-refractivity contribution in [3.8, 4) is 0 Å². The molecule has 0 spiro atoms. The number of aromatic amines is 1. The van der Waals surface area contributed by atoms with Gasteiger partial charge in [0.2, 0.25) is 0 Å². The van der Waals surface area contributed by atoms with Gasteiger partial charge < -0.3 is 9.55 Å². The molecule has 2 nitrogen and oxygen atoms in total.